The molecule has 1 aromatic rings. The van der Waals surface area contributed by atoms with E-state index in [-0.39, 0.29) is 5.91 Å². The number of carbonyl (C=O) groups excluding carboxylic acids is 1. The van der Waals surface area contributed by atoms with Crippen LogP contribution >= 0.6 is 15.9 Å². The topological polar surface area (TPSA) is 38.8 Å². The van der Waals surface area contributed by atoms with E-state index in [1.807, 2.05) is 29.2 Å². The number of methoxy groups -OCH3 is 1. The summed E-state index contributed by atoms with van der Waals surface area (Å²) in [6.07, 6.45) is 1.50. The fourth-order valence-electron chi connectivity index (χ4n) is 2.35. The number of benzene rings is 1. The molecule has 1 aromatic carbocycles. The van der Waals surface area contributed by atoms with Crippen LogP contribution in [-0.4, -0.2) is 42.9 Å². The number of halogens is 1. The van der Waals surface area contributed by atoms with E-state index in [9.17, 15) is 4.79 Å². The van der Waals surface area contributed by atoms with Crippen molar-refractivity contribution in [1.29, 1.82) is 0 Å². The fraction of sp³-hybridized carbons (Fsp3) is 0.533. The zero-order chi connectivity index (χ0) is 14.4. The van der Waals surface area contributed by atoms with Gasteiger partial charge in [-0.3, -0.25) is 4.79 Å². The Hall–Kier alpha value is -1.23. The van der Waals surface area contributed by atoms with E-state index in [0.29, 0.717) is 18.9 Å². The first kappa shape index (κ1) is 15.2. The number of carbonyl (C=O) groups is 1. The second-order valence-electron chi connectivity index (χ2n) is 4.92. The van der Waals surface area contributed by atoms with E-state index in [1.165, 1.54) is 0 Å². The van der Waals surface area contributed by atoms with Gasteiger partial charge in [0.05, 0.1) is 13.7 Å². The average molecular weight is 342 g/mol. The van der Waals surface area contributed by atoms with Crippen LogP contribution in [0, 0.1) is 5.92 Å². The van der Waals surface area contributed by atoms with Crippen molar-refractivity contribution in [1.82, 2.24) is 4.90 Å². The van der Waals surface area contributed by atoms with Crippen LogP contribution in [0.2, 0.25) is 0 Å². The molecule has 1 aliphatic heterocycles. The molecule has 20 heavy (non-hydrogen) atoms. The predicted octanol–water partition coefficient (Wildman–Crippen LogP) is 2.71. The highest BCUT2D eigenvalue weighted by molar-refractivity contribution is 9.09. The van der Waals surface area contributed by atoms with Gasteiger partial charge in [0.25, 0.3) is 0 Å². The van der Waals surface area contributed by atoms with E-state index in [1.54, 1.807) is 7.11 Å². The molecule has 1 unspecified atom stereocenters. The number of likely N-dealkylation sites (tertiary alicyclic amines) is 1. The summed E-state index contributed by atoms with van der Waals surface area (Å²) in [5.74, 6) is 2.20. The number of ether oxygens (including phenoxy) is 2. The first-order chi connectivity index (χ1) is 9.74. The maximum absolute atomic E-state index is 11.8. The van der Waals surface area contributed by atoms with Gasteiger partial charge in [0.15, 0.2) is 11.5 Å². The summed E-state index contributed by atoms with van der Waals surface area (Å²) in [6, 6.07) is 7.60. The standard InChI is InChI=1S/C15H20BrNO3/c1-19-13-5-2-3-6-14(13)20-8-4-7-17-11-12(10-16)9-15(17)18/h2-3,5-6,12H,4,7-11H2,1H3. The van der Waals surface area contributed by atoms with Gasteiger partial charge in [-0.1, -0.05) is 28.1 Å². The zero-order valence-corrected chi connectivity index (χ0v) is 13.3. The lowest BCUT2D eigenvalue weighted by molar-refractivity contribution is -0.127. The average Bonchev–Trinajstić information content (AvgIpc) is 2.84. The lowest BCUT2D eigenvalue weighted by Crippen LogP contribution is -2.27. The maximum Gasteiger partial charge on any atom is 0.222 e. The van der Waals surface area contributed by atoms with Gasteiger partial charge in [-0.15, -0.1) is 0 Å². The van der Waals surface area contributed by atoms with Crippen molar-refractivity contribution in [2.45, 2.75) is 12.8 Å². The van der Waals surface area contributed by atoms with Gasteiger partial charge in [0, 0.05) is 24.8 Å². The van der Waals surface area contributed by atoms with Gasteiger partial charge in [-0.05, 0) is 24.5 Å². The molecule has 0 N–H and O–H groups in total. The smallest absolute Gasteiger partial charge is 0.222 e. The summed E-state index contributed by atoms with van der Waals surface area (Å²) in [6.45, 7) is 2.21. The van der Waals surface area contributed by atoms with Crippen LogP contribution in [0.4, 0.5) is 0 Å². The van der Waals surface area contributed by atoms with Gasteiger partial charge in [-0.25, -0.2) is 0 Å². The molecular formula is C15H20BrNO3. The summed E-state index contributed by atoms with van der Waals surface area (Å²) in [7, 11) is 1.63. The minimum atomic E-state index is 0.256. The Bertz CT molecular complexity index is 452. The van der Waals surface area contributed by atoms with Gasteiger partial charge >= 0.3 is 0 Å². The van der Waals surface area contributed by atoms with E-state index < -0.39 is 0 Å². The molecule has 0 bridgehead atoms. The molecule has 0 radical (unpaired) electrons. The van der Waals surface area contributed by atoms with Crippen LogP contribution in [0.3, 0.4) is 0 Å². The third-order valence-corrected chi connectivity index (χ3v) is 4.33. The van der Waals surface area contributed by atoms with E-state index in [2.05, 4.69) is 15.9 Å². The highest BCUT2D eigenvalue weighted by Gasteiger charge is 2.27. The SMILES string of the molecule is COc1ccccc1OCCCN1CC(CBr)CC1=O. The zero-order valence-electron chi connectivity index (χ0n) is 11.7. The molecule has 1 atom stereocenters. The summed E-state index contributed by atoms with van der Waals surface area (Å²) in [4.78, 5) is 13.7. The molecule has 1 amide bonds. The molecule has 1 fully saturated rings. The Morgan fingerprint density at radius 1 is 1.35 bits per heavy atom. The Labute approximate surface area is 128 Å². The third-order valence-electron chi connectivity index (χ3n) is 3.41. The lowest BCUT2D eigenvalue weighted by atomic mass is 10.2. The van der Waals surface area contributed by atoms with Gasteiger partial charge in [0.1, 0.15) is 0 Å². The highest BCUT2D eigenvalue weighted by atomic mass is 79.9. The van der Waals surface area contributed by atoms with Crippen molar-refractivity contribution in [2.24, 2.45) is 5.92 Å². The van der Waals surface area contributed by atoms with Crippen LogP contribution in [0.15, 0.2) is 24.3 Å². The molecule has 1 aliphatic rings. The predicted molar refractivity (Wildman–Crippen MR) is 81.6 cm³/mol. The molecule has 1 heterocycles. The largest absolute Gasteiger partial charge is 0.493 e. The Morgan fingerprint density at radius 2 is 2.10 bits per heavy atom. The molecule has 0 spiro atoms. The van der Waals surface area contributed by atoms with E-state index in [0.717, 1.165) is 36.3 Å². The molecule has 0 saturated carbocycles. The minimum Gasteiger partial charge on any atom is -0.493 e. The Kier molecular flexibility index (Phi) is 5.71. The molecule has 5 heteroatoms. The van der Waals surface area contributed by atoms with Gasteiger partial charge < -0.3 is 14.4 Å². The summed E-state index contributed by atoms with van der Waals surface area (Å²) in [5, 5.41) is 0.896. The molecule has 0 aromatic heterocycles. The first-order valence-corrected chi connectivity index (χ1v) is 7.96. The highest BCUT2D eigenvalue weighted by Crippen LogP contribution is 2.26. The van der Waals surface area contributed by atoms with Crippen LogP contribution in [0.5, 0.6) is 11.5 Å². The second-order valence-corrected chi connectivity index (χ2v) is 5.56. The Morgan fingerprint density at radius 3 is 2.75 bits per heavy atom. The van der Waals surface area contributed by atoms with Crippen molar-refractivity contribution in [3.63, 3.8) is 0 Å². The number of alkyl halides is 1. The van der Waals surface area contributed by atoms with Crippen LogP contribution in [0.25, 0.3) is 0 Å². The number of hydrogen-bond donors (Lipinski definition) is 0. The van der Waals surface area contributed by atoms with Crippen molar-refractivity contribution < 1.29 is 14.3 Å². The molecule has 2 rings (SSSR count). The number of para-hydroxylation sites is 2. The number of rotatable bonds is 7. The number of hydrogen-bond acceptors (Lipinski definition) is 3. The summed E-state index contributed by atoms with van der Waals surface area (Å²) >= 11 is 3.44. The van der Waals surface area contributed by atoms with E-state index >= 15 is 0 Å². The lowest BCUT2D eigenvalue weighted by Gasteiger charge is -2.16. The summed E-state index contributed by atoms with van der Waals surface area (Å²) < 4.78 is 10.9. The van der Waals surface area contributed by atoms with Crippen LogP contribution in [-0.2, 0) is 4.79 Å². The first-order valence-electron chi connectivity index (χ1n) is 6.84. The molecule has 4 nitrogen and oxygen atoms in total. The number of amides is 1. The monoisotopic (exact) mass is 341 g/mol. The third kappa shape index (κ3) is 3.88. The normalized spacial score (nSPS) is 18.4. The van der Waals surface area contributed by atoms with Crippen molar-refractivity contribution in [3.05, 3.63) is 24.3 Å². The molecular weight excluding hydrogens is 322 g/mol. The van der Waals surface area contributed by atoms with E-state index in [4.69, 9.17) is 9.47 Å². The quantitative estimate of drug-likeness (QED) is 0.565. The fourth-order valence-corrected chi connectivity index (χ4v) is 2.78. The molecule has 1 saturated heterocycles. The van der Waals surface area contributed by atoms with Crippen LogP contribution in [0.1, 0.15) is 12.8 Å². The molecule has 0 aliphatic carbocycles. The second kappa shape index (κ2) is 7.53. The van der Waals surface area contributed by atoms with Crippen molar-refractivity contribution >= 4 is 21.8 Å². The Balaban J connectivity index is 1.73. The van der Waals surface area contributed by atoms with Crippen LogP contribution < -0.4 is 9.47 Å². The number of nitrogens with zero attached hydrogens (tertiary/aromatic N) is 1. The van der Waals surface area contributed by atoms with Crippen molar-refractivity contribution in [2.75, 3.05) is 32.1 Å². The minimum absolute atomic E-state index is 0.256. The maximum atomic E-state index is 11.8. The molecule has 110 valence electrons. The van der Waals surface area contributed by atoms with Gasteiger partial charge in [0.2, 0.25) is 5.91 Å². The summed E-state index contributed by atoms with van der Waals surface area (Å²) in [5.41, 5.74) is 0. The van der Waals surface area contributed by atoms with Gasteiger partial charge in [-0.2, -0.15) is 0 Å². The van der Waals surface area contributed by atoms with Crippen molar-refractivity contribution in [3.8, 4) is 11.5 Å².